The van der Waals surface area contributed by atoms with Crippen molar-refractivity contribution < 1.29 is 28.1 Å². The molecular weight excluding hydrogens is 520 g/mol. The zero-order valence-electron chi connectivity index (χ0n) is 26.5. The monoisotopic (exact) mass is 574 g/mol. The van der Waals surface area contributed by atoms with Crippen LogP contribution in [0.5, 0.6) is 5.75 Å². The molecule has 7 heteroatoms. The summed E-state index contributed by atoms with van der Waals surface area (Å²) in [6, 6.07) is 8.04. The molecule has 0 amide bonds. The molecule has 3 fully saturated rings. The highest BCUT2D eigenvalue weighted by Crippen LogP contribution is 2.65. The van der Waals surface area contributed by atoms with E-state index >= 15 is 0 Å². The van der Waals surface area contributed by atoms with E-state index in [4.69, 9.17) is 28.1 Å². The van der Waals surface area contributed by atoms with Gasteiger partial charge in [-0.15, -0.1) is 0 Å². The zero-order chi connectivity index (χ0) is 29.1. The van der Waals surface area contributed by atoms with E-state index in [-0.39, 0.29) is 23.0 Å². The highest BCUT2D eigenvalue weighted by molar-refractivity contribution is 6.69. The number of hydrogen-bond acceptors (Lipinski definition) is 6. The van der Waals surface area contributed by atoms with Gasteiger partial charge in [0.25, 0.3) is 0 Å². The summed E-state index contributed by atoms with van der Waals surface area (Å²) < 4.78 is 36.0. The Bertz CT molecular complexity index is 986. The maximum Gasteiger partial charge on any atom is 0.241 e. The molecule has 40 heavy (non-hydrogen) atoms. The van der Waals surface area contributed by atoms with Gasteiger partial charge in [0, 0.05) is 7.11 Å². The number of methoxy groups -OCH3 is 2. The molecule has 226 valence electrons. The molecule has 0 N–H and O–H groups in total. The van der Waals surface area contributed by atoms with Crippen molar-refractivity contribution in [2.24, 2.45) is 34.5 Å². The van der Waals surface area contributed by atoms with Crippen LogP contribution in [-0.4, -0.2) is 48.3 Å². The molecular formula is C33H54O6Si. The van der Waals surface area contributed by atoms with Gasteiger partial charge in [-0.25, -0.2) is 0 Å². The van der Waals surface area contributed by atoms with Crippen molar-refractivity contribution in [3.05, 3.63) is 41.7 Å². The fourth-order valence-electron chi connectivity index (χ4n) is 8.22. The van der Waals surface area contributed by atoms with Gasteiger partial charge in [-0.1, -0.05) is 39.8 Å². The molecule has 0 unspecified atom stereocenters. The summed E-state index contributed by atoms with van der Waals surface area (Å²) in [5.74, 6) is 2.82. The normalized spacial score (nSPS) is 34.7. The molecule has 3 aliphatic rings. The Morgan fingerprint density at radius 1 is 0.975 bits per heavy atom. The first-order valence-electron chi connectivity index (χ1n) is 15.2. The van der Waals surface area contributed by atoms with Gasteiger partial charge < -0.3 is 28.1 Å². The Balaban J connectivity index is 1.54. The summed E-state index contributed by atoms with van der Waals surface area (Å²) in [5.41, 5.74) is 2.85. The van der Waals surface area contributed by atoms with Gasteiger partial charge in [0.2, 0.25) is 8.32 Å². The van der Waals surface area contributed by atoms with Crippen molar-refractivity contribution in [3.8, 4) is 5.75 Å². The zero-order valence-corrected chi connectivity index (χ0v) is 27.5. The summed E-state index contributed by atoms with van der Waals surface area (Å²) in [7, 11) is 1.76. The fraction of sp³-hybridized carbons (Fsp3) is 0.758. The lowest BCUT2D eigenvalue weighted by atomic mass is 9.42. The summed E-state index contributed by atoms with van der Waals surface area (Å²) in [6.07, 6.45) is 8.04. The predicted octanol–water partition coefficient (Wildman–Crippen LogP) is 7.79. The molecule has 0 aromatic heterocycles. The Morgan fingerprint density at radius 3 is 2.35 bits per heavy atom. The molecule has 3 saturated carbocycles. The van der Waals surface area contributed by atoms with E-state index in [1.807, 2.05) is 24.3 Å². The van der Waals surface area contributed by atoms with Crippen molar-refractivity contribution in [1.29, 1.82) is 0 Å². The van der Waals surface area contributed by atoms with E-state index in [9.17, 15) is 0 Å². The Labute approximate surface area is 244 Å². The second kappa shape index (κ2) is 12.9. The topological polar surface area (TPSA) is 55.4 Å². The first kappa shape index (κ1) is 31.6. The van der Waals surface area contributed by atoms with E-state index in [2.05, 4.69) is 53.6 Å². The minimum absolute atomic E-state index is 0.0301. The Kier molecular flexibility index (Phi) is 10.1. The van der Waals surface area contributed by atoms with Crippen LogP contribution in [0.1, 0.15) is 65.4 Å². The van der Waals surface area contributed by atoms with Crippen LogP contribution in [0, 0.1) is 34.5 Å². The van der Waals surface area contributed by atoms with Crippen LogP contribution in [0.3, 0.4) is 0 Å². The number of fused-ring (bicyclic) bond motifs is 3. The Hall–Kier alpha value is -1.38. The summed E-state index contributed by atoms with van der Waals surface area (Å²) >= 11 is 0. The standard InChI is InChI=1S/C33H54O6Si/c1-23-25(20-39-40(7,8)9)12-15-27-31(23)28(37-22-36-19-24-10-13-26(35-6)14-11-24)18-29-32(2,3)30(38-21-34-5)16-17-33(27,29)4/h10-11,13-14,20,23,27-31H,12,15-19,21-22H2,1-9H3/b25-20+/t23-,27-,28+,29-,30-,31+,33+/m0/s1. The van der Waals surface area contributed by atoms with Crippen molar-refractivity contribution in [2.75, 3.05) is 27.8 Å². The van der Waals surface area contributed by atoms with Crippen molar-refractivity contribution in [1.82, 2.24) is 0 Å². The molecule has 0 spiro atoms. The van der Waals surface area contributed by atoms with Gasteiger partial charge >= 0.3 is 0 Å². The van der Waals surface area contributed by atoms with Crippen LogP contribution in [-0.2, 0) is 30.0 Å². The maximum atomic E-state index is 6.72. The third-order valence-electron chi connectivity index (χ3n) is 10.3. The molecule has 4 rings (SSSR count). The third kappa shape index (κ3) is 6.81. The van der Waals surface area contributed by atoms with E-state index in [0.717, 1.165) is 30.6 Å². The highest BCUT2D eigenvalue weighted by atomic mass is 28.4. The van der Waals surface area contributed by atoms with Crippen molar-refractivity contribution >= 4 is 8.32 Å². The summed E-state index contributed by atoms with van der Waals surface area (Å²) in [6.45, 7) is 17.7. The second-order valence-corrected chi connectivity index (χ2v) is 18.6. The van der Waals surface area contributed by atoms with Gasteiger partial charge in [-0.3, -0.25) is 0 Å². The minimum atomic E-state index is -1.64. The van der Waals surface area contributed by atoms with Crippen LogP contribution in [0.2, 0.25) is 19.6 Å². The van der Waals surface area contributed by atoms with Gasteiger partial charge in [-0.05, 0) is 110 Å². The molecule has 0 heterocycles. The lowest BCUT2D eigenvalue weighted by Crippen LogP contribution is -2.62. The van der Waals surface area contributed by atoms with Crippen molar-refractivity contribution in [2.45, 2.75) is 98.3 Å². The molecule has 0 radical (unpaired) electrons. The number of benzene rings is 1. The molecule has 1 aromatic carbocycles. The van der Waals surface area contributed by atoms with Crippen LogP contribution < -0.4 is 4.74 Å². The van der Waals surface area contributed by atoms with E-state index < -0.39 is 8.32 Å². The quantitative estimate of drug-likeness (QED) is 0.116. The van der Waals surface area contributed by atoms with Crippen LogP contribution >= 0.6 is 0 Å². The largest absolute Gasteiger partial charge is 0.550 e. The smallest absolute Gasteiger partial charge is 0.241 e. The summed E-state index contributed by atoms with van der Waals surface area (Å²) in [5, 5.41) is 0. The second-order valence-electron chi connectivity index (χ2n) is 14.2. The van der Waals surface area contributed by atoms with Gasteiger partial charge in [0.1, 0.15) is 19.3 Å². The SMILES string of the molecule is COCO[C@H]1CC[C@]2(C)[C@H]3CC/C(=C\O[Si](C)(C)C)[C@H](C)[C@H]3[C@H](OCOCc3ccc(OC)cc3)C[C@H]2C1(C)C. The Morgan fingerprint density at radius 2 is 1.70 bits per heavy atom. The summed E-state index contributed by atoms with van der Waals surface area (Å²) in [4.78, 5) is 0. The average Bonchev–Trinajstić information content (AvgIpc) is 2.90. The predicted molar refractivity (Wildman–Crippen MR) is 161 cm³/mol. The van der Waals surface area contributed by atoms with E-state index in [1.54, 1.807) is 14.2 Å². The fourth-order valence-corrected chi connectivity index (χ4v) is 8.73. The first-order chi connectivity index (χ1) is 18.9. The maximum absolute atomic E-state index is 6.72. The number of rotatable bonds is 11. The number of allylic oxidation sites excluding steroid dienone is 1. The van der Waals surface area contributed by atoms with Crippen LogP contribution in [0.15, 0.2) is 36.1 Å². The average molecular weight is 575 g/mol. The minimum Gasteiger partial charge on any atom is -0.550 e. The van der Waals surface area contributed by atoms with E-state index in [1.165, 1.54) is 18.4 Å². The van der Waals surface area contributed by atoms with Crippen LogP contribution in [0.25, 0.3) is 0 Å². The lowest BCUT2D eigenvalue weighted by molar-refractivity contribution is -0.234. The number of ether oxygens (including phenoxy) is 5. The van der Waals surface area contributed by atoms with Gasteiger partial charge in [-0.2, -0.15) is 0 Å². The highest BCUT2D eigenvalue weighted by Gasteiger charge is 2.62. The first-order valence-corrected chi connectivity index (χ1v) is 18.6. The molecule has 3 aliphatic carbocycles. The van der Waals surface area contributed by atoms with Crippen molar-refractivity contribution in [3.63, 3.8) is 0 Å². The molecule has 7 atom stereocenters. The third-order valence-corrected chi connectivity index (χ3v) is 11.2. The molecule has 0 aliphatic heterocycles. The van der Waals surface area contributed by atoms with E-state index in [0.29, 0.717) is 43.9 Å². The lowest BCUT2D eigenvalue weighted by Gasteiger charge is -2.64. The molecule has 0 saturated heterocycles. The molecule has 6 nitrogen and oxygen atoms in total. The van der Waals surface area contributed by atoms with Gasteiger partial charge in [0.15, 0.2) is 0 Å². The number of hydrogen-bond donors (Lipinski definition) is 0. The van der Waals surface area contributed by atoms with Crippen LogP contribution in [0.4, 0.5) is 0 Å². The molecule has 0 bridgehead atoms. The van der Waals surface area contributed by atoms with Gasteiger partial charge in [0.05, 0.1) is 32.2 Å². The molecule has 1 aromatic rings.